The van der Waals surface area contributed by atoms with Crippen molar-refractivity contribution < 1.29 is 9.53 Å². The van der Waals surface area contributed by atoms with Crippen LogP contribution < -0.4 is 0 Å². The second-order valence-corrected chi connectivity index (χ2v) is 8.30. The van der Waals surface area contributed by atoms with Crippen molar-refractivity contribution in [2.75, 3.05) is 32.8 Å². The molecular formula is C24H28ClN3O2. The normalized spacial score (nSPS) is 16.0. The first-order valence-electron chi connectivity index (χ1n) is 10.4. The van der Waals surface area contributed by atoms with Crippen LogP contribution in [0.2, 0.25) is 5.02 Å². The van der Waals surface area contributed by atoms with Gasteiger partial charge in [0.2, 0.25) is 0 Å². The molecule has 1 aliphatic heterocycles. The van der Waals surface area contributed by atoms with Crippen LogP contribution in [0.15, 0.2) is 54.6 Å². The number of ether oxygens (including phenoxy) is 1. The maximum absolute atomic E-state index is 13.8. The lowest BCUT2D eigenvalue weighted by Gasteiger charge is -2.35. The van der Waals surface area contributed by atoms with Gasteiger partial charge in [-0.15, -0.1) is 0 Å². The average Bonchev–Trinajstić information content (AvgIpc) is 3.03. The Morgan fingerprint density at radius 1 is 1.10 bits per heavy atom. The van der Waals surface area contributed by atoms with E-state index in [0.29, 0.717) is 17.3 Å². The summed E-state index contributed by atoms with van der Waals surface area (Å²) in [5, 5.41) is 1.43. The third kappa shape index (κ3) is 4.24. The van der Waals surface area contributed by atoms with Crippen LogP contribution >= 0.6 is 11.6 Å². The van der Waals surface area contributed by atoms with E-state index in [4.69, 9.17) is 16.3 Å². The van der Waals surface area contributed by atoms with E-state index >= 15 is 0 Å². The molecule has 0 aliphatic carbocycles. The lowest BCUT2D eigenvalue weighted by atomic mass is 10.1. The molecule has 3 aromatic rings. The minimum Gasteiger partial charge on any atom is -0.379 e. The van der Waals surface area contributed by atoms with E-state index < -0.39 is 0 Å². The van der Waals surface area contributed by atoms with Crippen LogP contribution in [0.25, 0.3) is 10.9 Å². The molecule has 1 amide bonds. The number of fused-ring (bicyclic) bond motifs is 1. The highest BCUT2D eigenvalue weighted by atomic mass is 35.5. The van der Waals surface area contributed by atoms with Crippen molar-refractivity contribution in [2.24, 2.45) is 7.05 Å². The Morgan fingerprint density at radius 2 is 1.77 bits per heavy atom. The van der Waals surface area contributed by atoms with Crippen LogP contribution in [0.4, 0.5) is 0 Å². The Hall–Kier alpha value is -2.34. The van der Waals surface area contributed by atoms with Gasteiger partial charge in [-0.1, -0.05) is 60.1 Å². The highest BCUT2D eigenvalue weighted by molar-refractivity contribution is 6.38. The number of hydrogen-bond acceptors (Lipinski definition) is 3. The highest BCUT2D eigenvalue weighted by Crippen LogP contribution is 2.31. The van der Waals surface area contributed by atoms with E-state index in [1.165, 1.54) is 0 Å². The number of halogens is 1. The van der Waals surface area contributed by atoms with Gasteiger partial charge in [0, 0.05) is 50.2 Å². The molecule has 1 fully saturated rings. The molecule has 1 aliphatic rings. The number of aromatic nitrogens is 1. The van der Waals surface area contributed by atoms with Crippen molar-refractivity contribution in [3.05, 3.63) is 70.9 Å². The van der Waals surface area contributed by atoms with E-state index in [2.05, 4.69) is 24.0 Å². The topological polar surface area (TPSA) is 37.7 Å². The molecule has 0 spiro atoms. The molecule has 30 heavy (non-hydrogen) atoms. The fraction of sp³-hybridized carbons (Fsp3) is 0.375. The van der Waals surface area contributed by atoms with E-state index in [-0.39, 0.29) is 11.9 Å². The van der Waals surface area contributed by atoms with Crippen LogP contribution in [0.5, 0.6) is 0 Å². The molecule has 0 saturated carbocycles. The van der Waals surface area contributed by atoms with Gasteiger partial charge >= 0.3 is 0 Å². The zero-order valence-corrected chi connectivity index (χ0v) is 18.3. The zero-order chi connectivity index (χ0) is 21.1. The number of hydrogen-bond donors (Lipinski definition) is 0. The number of carbonyl (C=O) groups is 1. The Bertz CT molecular complexity index is 973. The number of benzene rings is 2. The summed E-state index contributed by atoms with van der Waals surface area (Å²) < 4.78 is 7.39. The van der Waals surface area contributed by atoms with E-state index in [9.17, 15) is 4.79 Å². The lowest BCUT2D eigenvalue weighted by molar-refractivity contribution is 0.0226. The Balaban J connectivity index is 1.67. The molecule has 5 nitrogen and oxygen atoms in total. The SMILES string of the molecule is CC(CN1CCOCC1)N(Cc1ccccc1)C(=O)c1c(Cl)c2ccccc2n1C. The molecule has 0 bridgehead atoms. The highest BCUT2D eigenvalue weighted by Gasteiger charge is 2.29. The Morgan fingerprint density at radius 3 is 2.47 bits per heavy atom. The van der Waals surface area contributed by atoms with Crippen molar-refractivity contribution in [1.29, 1.82) is 0 Å². The van der Waals surface area contributed by atoms with Gasteiger partial charge in [-0.2, -0.15) is 0 Å². The second kappa shape index (κ2) is 9.21. The molecule has 158 valence electrons. The van der Waals surface area contributed by atoms with Crippen molar-refractivity contribution in [3.63, 3.8) is 0 Å². The van der Waals surface area contributed by atoms with E-state index in [1.807, 2.05) is 59.0 Å². The van der Waals surface area contributed by atoms with Crippen LogP contribution in [-0.2, 0) is 18.3 Å². The maximum atomic E-state index is 13.8. The molecule has 6 heteroatoms. The first-order chi connectivity index (χ1) is 14.6. The predicted octanol–water partition coefficient (Wildman–Crippen LogP) is 4.19. The summed E-state index contributed by atoms with van der Waals surface area (Å²) in [7, 11) is 1.91. The van der Waals surface area contributed by atoms with Crippen LogP contribution in [0, 0.1) is 0 Å². The first-order valence-corrected chi connectivity index (χ1v) is 10.8. The van der Waals surface area contributed by atoms with Gasteiger partial charge in [0.25, 0.3) is 5.91 Å². The predicted molar refractivity (Wildman–Crippen MR) is 121 cm³/mol. The standard InChI is InChI=1S/C24H28ClN3O2/c1-18(16-27-12-14-30-15-13-27)28(17-19-8-4-3-5-9-19)24(29)23-22(25)20-10-6-7-11-21(20)26(23)2/h3-11,18H,12-17H2,1-2H3. The minimum atomic E-state index is -0.0386. The van der Waals surface area contributed by atoms with Crippen molar-refractivity contribution in [2.45, 2.75) is 19.5 Å². The smallest absolute Gasteiger partial charge is 0.272 e. The summed E-state index contributed by atoms with van der Waals surface area (Å²) >= 11 is 6.71. The molecule has 0 radical (unpaired) electrons. The van der Waals surface area contributed by atoms with Crippen molar-refractivity contribution in [1.82, 2.24) is 14.4 Å². The molecule has 4 rings (SSSR count). The van der Waals surface area contributed by atoms with Gasteiger partial charge < -0.3 is 14.2 Å². The number of para-hydroxylation sites is 1. The number of carbonyl (C=O) groups excluding carboxylic acids is 1. The van der Waals surface area contributed by atoms with Gasteiger partial charge in [-0.05, 0) is 18.6 Å². The quantitative estimate of drug-likeness (QED) is 0.594. The largest absolute Gasteiger partial charge is 0.379 e. The Kier molecular flexibility index (Phi) is 6.42. The molecule has 1 unspecified atom stereocenters. The lowest BCUT2D eigenvalue weighted by Crippen LogP contribution is -2.48. The maximum Gasteiger partial charge on any atom is 0.272 e. The van der Waals surface area contributed by atoms with Crippen LogP contribution in [0.3, 0.4) is 0 Å². The average molecular weight is 426 g/mol. The third-order valence-corrected chi connectivity index (χ3v) is 6.25. The first kappa shape index (κ1) is 20.9. The second-order valence-electron chi connectivity index (χ2n) is 7.92. The third-order valence-electron chi connectivity index (χ3n) is 5.86. The summed E-state index contributed by atoms with van der Waals surface area (Å²) in [6.07, 6.45) is 0. The summed E-state index contributed by atoms with van der Waals surface area (Å²) in [4.78, 5) is 18.1. The molecule has 2 heterocycles. The summed E-state index contributed by atoms with van der Waals surface area (Å²) in [5.74, 6) is -0.0386. The number of rotatable bonds is 6. The number of aryl methyl sites for hydroxylation is 1. The van der Waals surface area contributed by atoms with Crippen molar-refractivity contribution >= 4 is 28.4 Å². The van der Waals surface area contributed by atoms with Gasteiger partial charge in [0.1, 0.15) is 5.69 Å². The fourth-order valence-electron chi connectivity index (χ4n) is 4.18. The summed E-state index contributed by atoms with van der Waals surface area (Å²) in [5.41, 5.74) is 2.61. The van der Waals surface area contributed by atoms with Gasteiger partial charge in [-0.25, -0.2) is 0 Å². The zero-order valence-electron chi connectivity index (χ0n) is 17.6. The van der Waals surface area contributed by atoms with Gasteiger partial charge in [0.15, 0.2) is 0 Å². The van der Waals surface area contributed by atoms with Gasteiger partial charge in [-0.3, -0.25) is 9.69 Å². The van der Waals surface area contributed by atoms with Crippen LogP contribution in [-0.4, -0.2) is 59.2 Å². The Labute approximate surface area is 182 Å². The molecule has 1 atom stereocenters. The monoisotopic (exact) mass is 425 g/mol. The summed E-state index contributed by atoms with van der Waals surface area (Å²) in [6, 6.07) is 18.0. The number of morpholine rings is 1. The van der Waals surface area contributed by atoms with E-state index in [1.54, 1.807) is 0 Å². The van der Waals surface area contributed by atoms with E-state index in [0.717, 1.165) is 49.3 Å². The fourth-order valence-corrected chi connectivity index (χ4v) is 4.55. The molecule has 1 aromatic heterocycles. The van der Waals surface area contributed by atoms with Crippen LogP contribution in [0.1, 0.15) is 23.0 Å². The van der Waals surface area contributed by atoms with Gasteiger partial charge in [0.05, 0.1) is 18.2 Å². The van der Waals surface area contributed by atoms with Crippen molar-refractivity contribution in [3.8, 4) is 0 Å². The number of nitrogens with zero attached hydrogens (tertiary/aromatic N) is 3. The minimum absolute atomic E-state index is 0.0323. The molecule has 2 aromatic carbocycles. The number of amides is 1. The molecular weight excluding hydrogens is 398 g/mol. The summed E-state index contributed by atoms with van der Waals surface area (Å²) in [6.45, 7) is 6.75. The molecule has 1 saturated heterocycles. The molecule has 0 N–H and O–H groups in total.